The van der Waals surface area contributed by atoms with Crippen molar-refractivity contribution in [1.82, 2.24) is 0 Å². The molecule has 3 atom stereocenters. The van der Waals surface area contributed by atoms with Gasteiger partial charge in [-0.25, -0.2) is 0 Å². The van der Waals surface area contributed by atoms with Gasteiger partial charge in [-0.05, 0) is 18.3 Å². The van der Waals surface area contributed by atoms with Crippen LogP contribution in [0.3, 0.4) is 0 Å². The number of hydrogen-bond acceptors (Lipinski definition) is 2. The van der Waals surface area contributed by atoms with Gasteiger partial charge in [0.05, 0.1) is 6.10 Å². The van der Waals surface area contributed by atoms with Gasteiger partial charge < -0.3 is 10.5 Å². The van der Waals surface area contributed by atoms with Crippen molar-refractivity contribution in [3.8, 4) is 0 Å². The normalized spacial score (nSPS) is 32.1. The molecule has 0 bridgehead atoms. The van der Waals surface area contributed by atoms with Gasteiger partial charge in [0, 0.05) is 18.6 Å². The Hall–Kier alpha value is -0.0800. The summed E-state index contributed by atoms with van der Waals surface area (Å²) in [6.45, 7) is 9.71. The van der Waals surface area contributed by atoms with E-state index >= 15 is 0 Å². The minimum atomic E-state index is 0.200. The first-order valence-electron chi connectivity index (χ1n) is 5.34. The van der Waals surface area contributed by atoms with Gasteiger partial charge in [-0.2, -0.15) is 0 Å². The summed E-state index contributed by atoms with van der Waals surface area (Å²) in [4.78, 5) is 0. The molecule has 1 saturated heterocycles. The first kappa shape index (κ1) is 11.0. The molecule has 0 aromatic rings. The van der Waals surface area contributed by atoms with E-state index in [1.165, 1.54) is 0 Å². The van der Waals surface area contributed by atoms with Gasteiger partial charge >= 0.3 is 0 Å². The van der Waals surface area contributed by atoms with Crippen LogP contribution in [0.2, 0.25) is 0 Å². The molecule has 0 saturated carbocycles. The van der Waals surface area contributed by atoms with E-state index in [2.05, 4.69) is 27.7 Å². The molecule has 2 heteroatoms. The third-order valence-corrected chi connectivity index (χ3v) is 3.12. The van der Waals surface area contributed by atoms with Crippen LogP contribution in [0, 0.1) is 11.3 Å². The summed E-state index contributed by atoms with van der Waals surface area (Å²) in [6.07, 6.45) is 2.62. The topological polar surface area (TPSA) is 35.2 Å². The molecule has 0 radical (unpaired) electrons. The fourth-order valence-corrected chi connectivity index (χ4v) is 2.14. The molecule has 0 aromatic heterocycles. The molecule has 0 aromatic carbocycles. The summed E-state index contributed by atoms with van der Waals surface area (Å²) in [5, 5.41) is 0. The average Bonchev–Trinajstić information content (AvgIpc) is 2.48. The van der Waals surface area contributed by atoms with Crippen LogP contribution < -0.4 is 5.73 Å². The Morgan fingerprint density at radius 1 is 1.46 bits per heavy atom. The summed E-state index contributed by atoms with van der Waals surface area (Å²) < 4.78 is 5.65. The van der Waals surface area contributed by atoms with E-state index in [9.17, 15) is 0 Å². The third-order valence-electron chi connectivity index (χ3n) is 3.12. The summed E-state index contributed by atoms with van der Waals surface area (Å²) in [5.41, 5.74) is 6.44. The lowest BCUT2D eigenvalue weighted by atomic mass is 9.76. The predicted octanol–water partition coefficient (Wildman–Crippen LogP) is 2.17. The molecule has 0 spiro atoms. The molecule has 1 heterocycles. The maximum atomic E-state index is 6.24. The highest BCUT2D eigenvalue weighted by Crippen LogP contribution is 2.33. The molecule has 0 amide bonds. The van der Waals surface area contributed by atoms with E-state index < -0.39 is 0 Å². The maximum absolute atomic E-state index is 6.24. The SMILES string of the molecule is CCC1OCCC1C(N)C(C)(C)C. The number of ether oxygens (including phenoxy) is 1. The predicted molar refractivity (Wildman–Crippen MR) is 55.6 cm³/mol. The summed E-state index contributed by atoms with van der Waals surface area (Å²) in [7, 11) is 0. The van der Waals surface area contributed by atoms with Crippen molar-refractivity contribution < 1.29 is 4.74 Å². The van der Waals surface area contributed by atoms with Gasteiger partial charge in [0.25, 0.3) is 0 Å². The second-order valence-corrected chi connectivity index (χ2v) is 5.16. The first-order chi connectivity index (χ1) is 5.96. The monoisotopic (exact) mass is 185 g/mol. The zero-order valence-corrected chi connectivity index (χ0v) is 9.34. The van der Waals surface area contributed by atoms with Gasteiger partial charge in [0.15, 0.2) is 0 Å². The Labute approximate surface area is 81.8 Å². The molecule has 1 aliphatic heterocycles. The van der Waals surface area contributed by atoms with Crippen LogP contribution in [0.4, 0.5) is 0 Å². The number of rotatable bonds is 2. The number of nitrogens with two attached hydrogens (primary N) is 1. The Kier molecular flexibility index (Phi) is 3.36. The molecule has 78 valence electrons. The van der Waals surface area contributed by atoms with Crippen molar-refractivity contribution in [2.24, 2.45) is 17.1 Å². The van der Waals surface area contributed by atoms with Crippen molar-refractivity contribution in [3.63, 3.8) is 0 Å². The van der Waals surface area contributed by atoms with Crippen molar-refractivity contribution in [2.75, 3.05) is 6.61 Å². The Bertz CT molecular complexity index is 162. The zero-order chi connectivity index (χ0) is 10.1. The first-order valence-corrected chi connectivity index (χ1v) is 5.34. The highest BCUT2D eigenvalue weighted by molar-refractivity contribution is 4.90. The lowest BCUT2D eigenvalue weighted by Gasteiger charge is -2.34. The molecule has 1 rings (SSSR count). The summed E-state index contributed by atoms with van der Waals surface area (Å²) >= 11 is 0. The average molecular weight is 185 g/mol. The van der Waals surface area contributed by atoms with Gasteiger partial charge in [-0.15, -0.1) is 0 Å². The summed E-state index contributed by atoms with van der Waals surface area (Å²) in [6, 6.07) is 0.264. The quantitative estimate of drug-likeness (QED) is 0.715. The highest BCUT2D eigenvalue weighted by atomic mass is 16.5. The van der Waals surface area contributed by atoms with E-state index in [0.29, 0.717) is 12.0 Å². The molecular weight excluding hydrogens is 162 g/mol. The van der Waals surface area contributed by atoms with Crippen LogP contribution >= 0.6 is 0 Å². The van der Waals surface area contributed by atoms with Crippen molar-refractivity contribution >= 4 is 0 Å². The second-order valence-electron chi connectivity index (χ2n) is 5.16. The Morgan fingerprint density at radius 3 is 2.54 bits per heavy atom. The molecule has 0 aliphatic carbocycles. The minimum Gasteiger partial charge on any atom is -0.378 e. The van der Waals surface area contributed by atoms with Gasteiger partial charge in [-0.3, -0.25) is 0 Å². The maximum Gasteiger partial charge on any atom is 0.0616 e. The Balaban J connectivity index is 2.60. The van der Waals surface area contributed by atoms with Crippen molar-refractivity contribution in [3.05, 3.63) is 0 Å². The zero-order valence-electron chi connectivity index (χ0n) is 9.34. The van der Waals surface area contributed by atoms with Crippen LogP contribution in [0.1, 0.15) is 40.5 Å². The van der Waals surface area contributed by atoms with E-state index in [-0.39, 0.29) is 11.5 Å². The van der Waals surface area contributed by atoms with Crippen LogP contribution in [-0.2, 0) is 4.74 Å². The van der Waals surface area contributed by atoms with Gasteiger partial charge in [-0.1, -0.05) is 27.7 Å². The largest absolute Gasteiger partial charge is 0.378 e. The number of hydrogen-bond donors (Lipinski definition) is 1. The van der Waals surface area contributed by atoms with Crippen LogP contribution in [0.5, 0.6) is 0 Å². The molecule has 1 aliphatic rings. The molecular formula is C11H23NO. The molecule has 2 nitrogen and oxygen atoms in total. The van der Waals surface area contributed by atoms with Gasteiger partial charge in [0.2, 0.25) is 0 Å². The highest BCUT2D eigenvalue weighted by Gasteiger charge is 2.37. The molecule has 13 heavy (non-hydrogen) atoms. The fraction of sp³-hybridized carbons (Fsp3) is 1.00. The second kappa shape index (κ2) is 3.97. The van der Waals surface area contributed by atoms with Crippen LogP contribution in [0.25, 0.3) is 0 Å². The van der Waals surface area contributed by atoms with E-state index in [4.69, 9.17) is 10.5 Å². The van der Waals surface area contributed by atoms with E-state index in [0.717, 1.165) is 19.4 Å². The lowest BCUT2D eigenvalue weighted by Crippen LogP contribution is -2.44. The standard InChI is InChI=1S/C11H23NO/c1-5-9-8(6-7-13-9)10(12)11(2,3)4/h8-10H,5-7,12H2,1-4H3. The van der Waals surface area contributed by atoms with Gasteiger partial charge in [0.1, 0.15) is 0 Å². The van der Waals surface area contributed by atoms with Crippen molar-refractivity contribution in [2.45, 2.75) is 52.7 Å². The third kappa shape index (κ3) is 2.44. The smallest absolute Gasteiger partial charge is 0.0616 e. The molecule has 3 unspecified atom stereocenters. The fourth-order valence-electron chi connectivity index (χ4n) is 2.14. The Morgan fingerprint density at radius 2 is 2.08 bits per heavy atom. The lowest BCUT2D eigenvalue weighted by molar-refractivity contribution is 0.0678. The van der Waals surface area contributed by atoms with Crippen LogP contribution in [-0.4, -0.2) is 18.8 Å². The summed E-state index contributed by atoms with van der Waals surface area (Å²) in [5.74, 6) is 0.560. The van der Waals surface area contributed by atoms with E-state index in [1.54, 1.807) is 0 Å². The molecule has 1 fully saturated rings. The van der Waals surface area contributed by atoms with Crippen LogP contribution in [0.15, 0.2) is 0 Å². The minimum absolute atomic E-state index is 0.200. The molecule has 2 N–H and O–H groups in total. The van der Waals surface area contributed by atoms with Crippen molar-refractivity contribution in [1.29, 1.82) is 0 Å². The van der Waals surface area contributed by atoms with E-state index in [1.807, 2.05) is 0 Å².